The van der Waals surface area contributed by atoms with E-state index in [0.717, 1.165) is 19.6 Å². The van der Waals surface area contributed by atoms with E-state index in [1.54, 1.807) is 10.3 Å². The van der Waals surface area contributed by atoms with E-state index >= 15 is 0 Å². The number of nitrogens with two attached hydrogens (primary N) is 1. The van der Waals surface area contributed by atoms with Crippen molar-refractivity contribution in [1.82, 2.24) is 14.8 Å². The number of aromatic nitrogens is 1. The van der Waals surface area contributed by atoms with Crippen molar-refractivity contribution in [2.45, 2.75) is 6.42 Å². The number of hydrogen-bond donors (Lipinski definition) is 1. The Morgan fingerprint density at radius 1 is 1.50 bits per heavy atom. The summed E-state index contributed by atoms with van der Waals surface area (Å²) in [6.07, 6.45) is 0.538. The topological polar surface area (TPSA) is 86.2 Å². The molecule has 2 heterocycles. The highest BCUT2D eigenvalue weighted by Crippen LogP contribution is 2.14. The lowest BCUT2D eigenvalue weighted by Crippen LogP contribution is -2.48. The van der Waals surface area contributed by atoms with Crippen molar-refractivity contribution in [2.24, 2.45) is 0 Å². The van der Waals surface area contributed by atoms with Crippen LogP contribution in [0.3, 0.4) is 0 Å². The van der Waals surface area contributed by atoms with Crippen LogP contribution >= 0.6 is 11.3 Å². The Balaban J connectivity index is 1.86. The number of thiazole rings is 1. The van der Waals surface area contributed by atoms with Crippen LogP contribution in [0.1, 0.15) is 16.9 Å². The van der Waals surface area contributed by atoms with Gasteiger partial charge in [-0.2, -0.15) is 5.26 Å². The van der Waals surface area contributed by atoms with Crippen molar-refractivity contribution in [1.29, 1.82) is 5.26 Å². The molecule has 0 spiro atoms. The Bertz CT molecular complexity index is 458. The van der Waals surface area contributed by atoms with Gasteiger partial charge in [-0.25, -0.2) is 4.98 Å². The smallest absolute Gasteiger partial charge is 0.273 e. The molecule has 96 valence electrons. The lowest BCUT2D eigenvalue weighted by molar-refractivity contribution is 0.0635. The van der Waals surface area contributed by atoms with Gasteiger partial charge in [0.15, 0.2) is 5.13 Å². The maximum absolute atomic E-state index is 12.1. The van der Waals surface area contributed by atoms with E-state index in [1.807, 2.05) is 0 Å². The minimum Gasteiger partial charge on any atom is -0.375 e. The van der Waals surface area contributed by atoms with Gasteiger partial charge < -0.3 is 10.6 Å². The number of rotatable bonds is 3. The summed E-state index contributed by atoms with van der Waals surface area (Å²) in [7, 11) is 0. The zero-order chi connectivity index (χ0) is 13.0. The Morgan fingerprint density at radius 2 is 2.22 bits per heavy atom. The van der Waals surface area contributed by atoms with Gasteiger partial charge in [0.25, 0.3) is 5.91 Å². The van der Waals surface area contributed by atoms with Crippen molar-refractivity contribution < 1.29 is 4.79 Å². The molecule has 1 aliphatic heterocycles. The first-order chi connectivity index (χ1) is 8.70. The SMILES string of the molecule is N#CCCN1CCN(C(=O)c2csc(N)n2)CC1. The van der Waals surface area contributed by atoms with Crippen LogP contribution in [-0.2, 0) is 0 Å². The molecule has 0 unspecified atom stereocenters. The molecular formula is C11H15N5OS. The molecule has 0 radical (unpaired) electrons. The maximum Gasteiger partial charge on any atom is 0.273 e. The van der Waals surface area contributed by atoms with Crippen LogP contribution in [0.4, 0.5) is 5.13 Å². The molecule has 1 aromatic rings. The Kier molecular flexibility index (Phi) is 4.12. The number of nitrogens with zero attached hydrogens (tertiary/aromatic N) is 4. The Hall–Kier alpha value is -1.65. The summed E-state index contributed by atoms with van der Waals surface area (Å²) in [6.45, 7) is 3.77. The Labute approximate surface area is 110 Å². The summed E-state index contributed by atoms with van der Waals surface area (Å²) in [5.74, 6) is -0.0529. The second-order valence-corrected chi connectivity index (χ2v) is 5.00. The number of nitriles is 1. The molecule has 1 aliphatic rings. The van der Waals surface area contributed by atoms with Crippen molar-refractivity contribution in [3.05, 3.63) is 11.1 Å². The fraction of sp³-hybridized carbons (Fsp3) is 0.545. The second kappa shape index (κ2) is 5.80. The predicted octanol–water partition coefficient (Wildman–Crippen LogP) is 0.397. The van der Waals surface area contributed by atoms with E-state index < -0.39 is 0 Å². The van der Waals surface area contributed by atoms with E-state index in [1.165, 1.54) is 11.3 Å². The first-order valence-electron chi connectivity index (χ1n) is 5.80. The molecule has 0 aliphatic carbocycles. The van der Waals surface area contributed by atoms with Gasteiger partial charge in [0, 0.05) is 44.5 Å². The second-order valence-electron chi connectivity index (χ2n) is 4.11. The zero-order valence-corrected chi connectivity index (χ0v) is 10.8. The summed E-state index contributed by atoms with van der Waals surface area (Å²) < 4.78 is 0. The molecule has 0 aromatic carbocycles. The highest BCUT2D eigenvalue weighted by Gasteiger charge is 2.23. The van der Waals surface area contributed by atoms with Gasteiger partial charge in [-0.05, 0) is 0 Å². The van der Waals surface area contributed by atoms with E-state index in [2.05, 4.69) is 16.0 Å². The molecule has 0 atom stereocenters. The number of anilines is 1. The molecule has 1 aromatic heterocycles. The van der Waals surface area contributed by atoms with Crippen molar-refractivity contribution in [2.75, 3.05) is 38.5 Å². The van der Waals surface area contributed by atoms with Crippen LogP contribution in [0.2, 0.25) is 0 Å². The quantitative estimate of drug-likeness (QED) is 0.854. The molecule has 6 nitrogen and oxygen atoms in total. The third kappa shape index (κ3) is 2.97. The summed E-state index contributed by atoms with van der Waals surface area (Å²) in [5.41, 5.74) is 5.95. The molecule has 1 saturated heterocycles. The van der Waals surface area contributed by atoms with E-state index in [-0.39, 0.29) is 5.91 Å². The van der Waals surface area contributed by atoms with Crippen molar-refractivity contribution >= 4 is 22.4 Å². The number of carbonyl (C=O) groups is 1. The zero-order valence-electron chi connectivity index (χ0n) is 10.0. The highest BCUT2D eigenvalue weighted by atomic mass is 32.1. The molecule has 0 bridgehead atoms. The van der Waals surface area contributed by atoms with Gasteiger partial charge >= 0.3 is 0 Å². The van der Waals surface area contributed by atoms with Crippen LogP contribution < -0.4 is 5.73 Å². The van der Waals surface area contributed by atoms with E-state index in [0.29, 0.717) is 30.3 Å². The van der Waals surface area contributed by atoms with Crippen LogP contribution in [0.15, 0.2) is 5.38 Å². The predicted molar refractivity (Wildman–Crippen MR) is 69.1 cm³/mol. The van der Waals surface area contributed by atoms with Gasteiger partial charge in [0.1, 0.15) is 5.69 Å². The minimum atomic E-state index is -0.0529. The number of nitrogen functional groups attached to an aromatic ring is 1. The average molecular weight is 265 g/mol. The molecule has 18 heavy (non-hydrogen) atoms. The molecule has 1 amide bonds. The number of amides is 1. The van der Waals surface area contributed by atoms with E-state index in [4.69, 9.17) is 11.0 Å². The third-order valence-electron chi connectivity index (χ3n) is 2.94. The first kappa shape index (κ1) is 12.8. The average Bonchev–Trinajstić information content (AvgIpc) is 2.83. The molecule has 0 saturated carbocycles. The fourth-order valence-electron chi connectivity index (χ4n) is 1.93. The Morgan fingerprint density at radius 3 is 2.78 bits per heavy atom. The van der Waals surface area contributed by atoms with Crippen LogP contribution in [0.25, 0.3) is 0 Å². The van der Waals surface area contributed by atoms with Gasteiger partial charge in [-0.1, -0.05) is 0 Å². The minimum absolute atomic E-state index is 0.0529. The fourth-order valence-corrected chi connectivity index (χ4v) is 2.47. The standard InChI is InChI=1S/C11H15N5OS/c12-2-1-3-15-4-6-16(7-5-15)10(17)9-8-18-11(13)14-9/h8H,1,3-7H2,(H2,13,14). The van der Waals surface area contributed by atoms with Crippen LogP contribution in [0, 0.1) is 11.3 Å². The summed E-state index contributed by atoms with van der Waals surface area (Å²) in [6, 6.07) is 2.13. The molecule has 2 rings (SSSR count). The van der Waals surface area contributed by atoms with Gasteiger partial charge in [0.05, 0.1) is 6.07 Å². The number of carbonyl (C=O) groups excluding carboxylic acids is 1. The monoisotopic (exact) mass is 265 g/mol. The summed E-state index contributed by atoms with van der Waals surface area (Å²) >= 11 is 1.28. The van der Waals surface area contributed by atoms with Gasteiger partial charge in [0.2, 0.25) is 0 Å². The first-order valence-corrected chi connectivity index (χ1v) is 6.68. The molecule has 2 N–H and O–H groups in total. The van der Waals surface area contributed by atoms with Gasteiger partial charge in [-0.15, -0.1) is 11.3 Å². The lowest BCUT2D eigenvalue weighted by atomic mass is 10.2. The summed E-state index contributed by atoms with van der Waals surface area (Å²) in [4.78, 5) is 20.1. The number of hydrogen-bond acceptors (Lipinski definition) is 6. The number of piperazine rings is 1. The molecular weight excluding hydrogens is 250 g/mol. The van der Waals surface area contributed by atoms with Crippen LogP contribution in [-0.4, -0.2) is 53.4 Å². The summed E-state index contributed by atoms with van der Waals surface area (Å²) in [5, 5.41) is 10.6. The van der Waals surface area contributed by atoms with E-state index in [9.17, 15) is 4.79 Å². The van der Waals surface area contributed by atoms with Gasteiger partial charge in [-0.3, -0.25) is 9.69 Å². The van der Waals surface area contributed by atoms with Crippen LogP contribution in [0.5, 0.6) is 0 Å². The molecule has 7 heteroatoms. The normalized spacial score (nSPS) is 16.5. The highest BCUT2D eigenvalue weighted by molar-refractivity contribution is 7.13. The third-order valence-corrected chi connectivity index (χ3v) is 3.61. The largest absolute Gasteiger partial charge is 0.375 e. The van der Waals surface area contributed by atoms with Crippen molar-refractivity contribution in [3.8, 4) is 6.07 Å². The van der Waals surface area contributed by atoms with Crippen molar-refractivity contribution in [3.63, 3.8) is 0 Å². The molecule has 1 fully saturated rings. The lowest BCUT2D eigenvalue weighted by Gasteiger charge is -2.33. The maximum atomic E-state index is 12.1.